The maximum Gasteiger partial charge on any atom is 0.160 e. The molecule has 0 radical (unpaired) electrons. The van der Waals surface area contributed by atoms with Gasteiger partial charge in [0.2, 0.25) is 0 Å². The molecule has 1 saturated heterocycles. The Morgan fingerprint density at radius 2 is 1.76 bits per heavy atom. The summed E-state index contributed by atoms with van der Waals surface area (Å²) in [6, 6.07) is 5.38. The van der Waals surface area contributed by atoms with Gasteiger partial charge >= 0.3 is 0 Å². The van der Waals surface area contributed by atoms with Crippen molar-refractivity contribution >= 4 is 21.4 Å². The number of benzene rings is 1. The van der Waals surface area contributed by atoms with Crippen molar-refractivity contribution < 1.29 is 22.6 Å². The minimum Gasteiger partial charge on any atom is -0.494 e. The Hall–Kier alpha value is -2.76. The molecule has 0 aliphatic carbocycles. The lowest BCUT2D eigenvalue weighted by molar-refractivity contribution is 0.0360. The summed E-state index contributed by atoms with van der Waals surface area (Å²) in [5.74, 6) is 1.37. The van der Waals surface area contributed by atoms with Crippen LogP contribution in [0.25, 0.3) is 5.69 Å². The van der Waals surface area contributed by atoms with E-state index in [1.165, 1.54) is 12.4 Å². The number of nitrogens with zero attached hydrogens (tertiary/aromatic N) is 5. The molecule has 0 unspecified atom stereocenters. The normalized spacial score (nSPS) is 18.9. The van der Waals surface area contributed by atoms with Crippen LogP contribution in [0.2, 0.25) is 5.02 Å². The second-order valence-electron chi connectivity index (χ2n) is 9.85. The minimum absolute atomic E-state index is 0.0904. The van der Waals surface area contributed by atoms with Crippen molar-refractivity contribution in [2.75, 3.05) is 20.8 Å². The molecule has 3 atom stereocenters. The van der Waals surface area contributed by atoms with Gasteiger partial charge in [-0.05, 0) is 39.3 Å². The van der Waals surface area contributed by atoms with Gasteiger partial charge in [0.15, 0.2) is 15.7 Å². The van der Waals surface area contributed by atoms with Crippen LogP contribution >= 0.6 is 11.6 Å². The summed E-state index contributed by atoms with van der Waals surface area (Å²) in [5, 5.41) is 8.42. The first-order chi connectivity index (χ1) is 17.5. The summed E-state index contributed by atoms with van der Waals surface area (Å²) in [4.78, 5) is 8.43. The molecule has 0 spiro atoms. The van der Waals surface area contributed by atoms with E-state index >= 15 is 0 Å². The Morgan fingerprint density at radius 3 is 2.30 bits per heavy atom. The zero-order chi connectivity index (χ0) is 27.0. The van der Waals surface area contributed by atoms with Crippen molar-refractivity contribution in [3.63, 3.8) is 0 Å². The zero-order valence-corrected chi connectivity index (χ0v) is 23.4. The van der Waals surface area contributed by atoms with Gasteiger partial charge in [-0.2, -0.15) is 0 Å². The van der Waals surface area contributed by atoms with Gasteiger partial charge in [-0.15, -0.1) is 10.2 Å². The predicted molar refractivity (Wildman–Crippen MR) is 139 cm³/mol. The second kappa shape index (κ2) is 10.5. The number of rotatable bonds is 9. The molecule has 4 rings (SSSR count). The molecule has 0 amide bonds. The van der Waals surface area contributed by atoms with Crippen LogP contribution in [-0.4, -0.2) is 64.8 Å². The van der Waals surface area contributed by atoms with Crippen molar-refractivity contribution in [2.24, 2.45) is 0 Å². The first-order valence-corrected chi connectivity index (χ1v) is 14.0. The highest BCUT2D eigenvalue weighted by Gasteiger charge is 2.38. The average molecular weight is 550 g/mol. The highest BCUT2D eigenvalue weighted by molar-refractivity contribution is 7.91. The lowest BCUT2D eigenvalue weighted by atomic mass is 9.97. The largest absolute Gasteiger partial charge is 0.494 e. The summed E-state index contributed by atoms with van der Waals surface area (Å²) in [7, 11) is -0.619. The Labute approximate surface area is 222 Å². The van der Waals surface area contributed by atoms with E-state index in [-0.39, 0.29) is 23.1 Å². The van der Waals surface area contributed by atoms with E-state index in [0.29, 0.717) is 46.9 Å². The molecule has 0 bridgehead atoms. The number of hydrogen-bond donors (Lipinski definition) is 0. The van der Waals surface area contributed by atoms with Crippen molar-refractivity contribution in [3.8, 4) is 17.2 Å². The van der Waals surface area contributed by atoms with Gasteiger partial charge in [0.25, 0.3) is 0 Å². The molecule has 1 aliphatic heterocycles. The SMILES string of the molecule is COc1cccc(OC)c1-n1c(CS(=O)(=O)[C@@H](C)[C@H](C)c2ncc(Cl)cn2)nnc1[C@@H]1COC(C)(C)C1. The van der Waals surface area contributed by atoms with Gasteiger partial charge in [-0.25, -0.2) is 18.4 Å². The monoisotopic (exact) mass is 549 g/mol. The number of hydrogen-bond acceptors (Lipinski definition) is 9. The smallest absolute Gasteiger partial charge is 0.160 e. The van der Waals surface area contributed by atoms with Gasteiger partial charge in [-0.3, -0.25) is 4.57 Å². The molecule has 1 fully saturated rings. The first kappa shape index (κ1) is 27.3. The highest BCUT2D eigenvalue weighted by Crippen LogP contribution is 2.40. The van der Waals surface area contributed by atoms with E-state index in [9.17, 15) is 8.42 Å². The van der Waals surface area contributed by atoms with Crippen LogP contribution in [0.5, 0.6) is 11.5 Å². The number of halogens is 1. The summed E-state index contributed by atoms with van der Waals surface area (Å²) >= 11 is 5.90. The third-order valence-electron chi connectivity index (χ3n) is 6.81. The van der Waals surface area contributed by atoms with E-state index in [4.69, 9.17) is 25.8 Å². The molecule has 37 heavy (non-hydrogen) atoms. The standard InChI is InChI=1S/C25H32ClN5O5S/c1-15(23-27-11-18(26)12-28-23)16(2)37(32,33)14-21-29-30-24(17-10-25(3,4)36-13-17)31(21)22-19(34-5)8-7-9-20(22)35-6/h7-9,11-12,15-17H,10,13-14H2,1-6H3/t15-,16-,17-/m0/s1. The Bertz CT molecular complexity index is 1340. The van der Waals surface area contributed by atoms with Crippen molar-refractivity contribution in [1.29, 1.82) is 0 Å². The van der Waals surface area contributed by atoms with Gasteiger partial charge in [0, 0.05) is 24.2 Å². The zero-order valence-electron chi connectivity index (χ0n) is 21.8. The molecule has 3 aromatic rings. The second-order valence-corrected chi connectivity index (χ2v) is 12.6. The first-order valence-electron chi connectivity index (χ1n) is 12.0. The third-order valence-corrected chi connectivity index (χ3v) is 9.20. The van der Waals surface area contributed by atoms with Crippen molar-refractivity contribution in [3.05, 3.63) is 53.1 Å². The van der Waals surface area contributed by atoms with Crippen LogP contribution in [0.4, 0.5) is 0 Å². The number of sulfone groups is 1. The molecule has 1 aliphatic rings. The van der Waals surface area contributed by atoms with Crippen LogP contribution in [0.3, 0.4) is 0 Å². The fourth-order valence-electron chi connectivity index (χ4n) is 4.58. The summed E-state index contributed by atoms with van der Waals surface area (Å²) in [6.07, 6.45) is 3.63. The molecule has 10 nitrogen and oxygen atoms in total. The maximum atomic E-state index is 13.7. The van der Waals surface area contributed by atoms with E-state index < -0.39 is 21.0 Å². The molecule has 0 saturated carbocycles. The third kappa shape index (κ3) is 5.58. The fourth-order valence-corrected chi connectivity index (χ4v) is 6.23. The lowest BCUT2D eigenvalue weighted by Crippen LogP contribution is -2.27. The summed E-state index contributed by atoms with van der Waals surface area (Å²) in [5.41, 5.74) is 0.213. The molecule has 2 aromatic heterocycles. The summed E-state index contributed by atoms with van der Waals surface area (Å²) < 4.78 is 46.3. The lowest BCUT2D eigenvalue weighted by Gasteiger charge is -2.21. The molecule has 12 heteroatoms. The molecule has 0 N–H and O–H groups in total. The Kier molecular flexibility index (Phi) is 7.77. The molecular formula is C25H32ClN5O5S. The van der Waals surface area contributed by atoms with Crippen LogP contribution < -0.4 is 9.47 Å². The molecule has 1 aromatic carbocycles. The van der Waals surface area contributed by atoms with Crippen LogP contribution in [0, 0.1) is 0 Å². The number of methoxy groups -OCH3 is 2. The number of para-hydroxylation sites is 1. The highest BCUT2D eigenvalue weighted by atomic mass is 35.5. The summed E-state index contributed by atoms with van der Waals surface area (Å²) in [6.45, 7) is 7.91. The average Bonchev–Trinajstić information content (AvgIpc) is 3.44. The fraction of sp³-hybridized carbons (Fsp3) is 0.520. The van der Waals surface area contributed by atoms with Gasteiger partial charge in [-0.1, -0.05) is 24.6 Å². The van der Waals surface area contributed by atoms with E-state index in [0.717, 1.165) is 0 Å². The van der Waals surface area contributed by atoms with Gasteiger partial charge < -0.3 is 14.2 Å². The van der Waals surface area contributed by atoms with Gasteiger partial charge in [0.05, 0.1) is 36.7 Å². The van der Waals surface area contributed by atoms with E-state index in [2.05, 4.69) is 20.2 Å². The number of aromatic nitrogens is 5. The van der Waals surface area contributed by atoms with Crippen LogP contribution in [0.15, 0.2) is 30.6 Å². The van der Waals surface area contributed by atoms with Gasteiger partial charge in [0.1, 0.15) is 34.6 Å². The predicted octanol–water partition coefficient (Wildman–Crippen LogP) is 4.12. The molecular weight excluding hydrogens is 518 g/mol. The Morgan fingerprint density at radius 1 is 1.14 bits per heavy atom. The van der Waals surface area contributed by atoms with Crippen molar-refractivity contribution in [2.45, 2.75) is 62.6 Å². The molecule has 3 heterocycles. The van der Waals surface area contributed by atoms with Crippen LogP contribution in [-0.2, 0) is 20.3 Å². The minimum atomic E-state index is -3.72. The Balaban J connectivity index is 1.78. The maximum absolute atomic E-state index is 13.7. The molecule has 200 valence electrons. The van der Waals surface area contributed by atoms with Crippen LogP contribution in [0.1, 0.15) is 63.4 Å². The topological polar surface area (TPSA) is 118 Å². The quantitative estimate of drug-likeness (QED) is 0.388. The van der Waals surface area contributed by atoms with Crippen molar-refractivity contribution in [1.82, 2.24) is 24.7 Å². The number of ether oxygens (including phenoxy) is 3. The van der Waals surface area contributed by atoms with E-state index in [1.54, 1.807) is 50.8 Å². The van der Waals surface area contributed by atoms with E-state index in [1.807, 2.05) is 13.8 Å².